The van der Waals surface area contributed by atoms with Gasteiger partial charge >= 0.3 is 0 Å². The van der Waals surface area contributed by atoms with E-state index in [1.54, 1.807) is 36.8 Å². The first-order valence-electron chi connectivity index (χ1n) is 6.59. The smallest absolute Gasteiger partial charge is 0.170 e. The van der Waals surface area contributed by atoms with Crippen LogP contribution in [0.1, 0.15) is 30.6 Å². The van der Waals surface area contributed by atoms with Crippen molar-refractivity contribution in [3.8, 4) is 5.75 Å². The molecule has 2 aromatic rings. The minimum atomic E-state index is -0.366. The van der Waals surface area contributed by atoms with Crippen molar-refractivity contribution in [3.05, 3.63) is 53.9 Å². The molecule has 0 spiro atoms. The van der Waals surface area contributed by atoms with Crippen LogP contribution >= 0.6 is 0 Å². The predicted octanol–water partition coefficient (Wildman–Crippen LogP) is 2.71. The third-order valence-electron chi connectivity index (χ3n) is 3.00. The van der Waals surface area contributed by atoms with Crippen LogP contribution in [-0.4, -0.2) is 23.6 Å². The van der Waals surface area contributed by atoms with E-state index in [1.807, 2.05) is 0 Å². The highest BCUT2D eigenvalue weighted by molar-refractivity contribution is 5.36. The summed E-state index contributed by atoms with van der Waals surface area (Å²) in [5.74, 6) is -0.135. The monoisotopic (exact) mass is 275 g/mol. The average molecular weight is 275 g/mol. The minimum Gasteiger partial charge on any atom is -0.494 e. The number of halogens is 1. The van der Waals surface area contributed by atoms with E-state index in [0.717, 1.165) is 13.0 Å². The zero-order chi connectivity index (χ0) is 14.4. The summed E-state index contributed by atoms with van der Waals surface area (Å²) < 4.78 is 19.5. The van der Waals surface area contributed by atoms with Crippen LogP contribution in [0.3, 0.4) is 0 Å². The second-order valence-electron chi connectivity index (χ2n) is 4.38. The molecule has 20 heavy (non-hydrogen) atoms. The molecule has 0 saturated carbocycles. The van der Waals surface area contributed by atoms with Gasteiger partial charge in [0, 0.05) is 18.0 Å². The molecule has 0 aliphatic carbocycles. The van der Waals surface area contributed by atoms with Crippen LogP contribution in [0.25, 0.3) is 0 Å². The van der Waals surface area contributed by atoms with Crippen molar-refractivity contribution in [1.29, 1.82) is 0 Å². The number of benzene rings is 1. The summed E-state index contributed by atoms with van der Waals surface area (Å²) >= 11 is 0. The first-order chi connectivity index (χ1) is 9.77. The van der Waals surface area contributed by atoms with Crippen LogP contribution in [0.5, 0.6) is 5.75 Å². The molecule has 1 atom stereocenters. The zero-order valence-electron chi connectivity index (χ0n) is 11.6. The highest BCUT2D eigenvalue weighted by Crippen LogP contribution is 2.28. The maximum atomic E-state index is 14.4. The Balaban J connectivity index is 2.41. The highest BCUT2D eigenvalue weighted by atomic mass is 19.1. The zero-order valence-corrected chi connectivity index (χ0v) is 11.6. The lowest BCUT2D eigenvalue weighted by molar-refractivity contribution is 0.381. The Kier molecular flexibility index (Phi) is 5.01. The molecule has 0 radical (unpaired) electrons. The standard InChI is InChI=1S/C15H18FN3O/c1-3-7-19-15(12-10-17-8-9-18-12)11-5-4-6-13(20-2)14(11)16/h4-6,8-10,15,19H,3,7H2,1-2H3. The Bertz CT molecular complexity index is 548. The molecular formula is C15H18FN3O. The number of hydrogen-bond acceptors (Lipinski definition) is 4. The van der Waals surface area contributed by atoms with Crippen molar-refractivity contribution in [2.45, 2.75) is 19.4 Å². The second kappa shape index (κ2) is 6.96. The number of rotatable bonds is 6. The Hall–Kier alpha value is -2.01. The normalized spacial score (nSPS) is 12.2. The van der Waals surface area contributed by atoms with Gasteiger partial charge in [0.1, 0.15) is 0 Å². The molecule has 0 aliphatic rings. The molecule has 0 fully saturated rings. The van der Waals surface area contributed by atoms with E-state index in [4.69, 9.17) is 4.74 Å². The molecule has 4 nitrogen and oxygen atoms in total. The first kappa shape index (κ1) is 14.4. The molecule has 0 saturated heterocycles. The number of ether oxygens (including phenoxy) is 1. The van der Waals surface area contributed by atoms with Crippen molar-refractivity contribution in [3.63, 3.8) is 0 Å². The van der Waals surface area contributed by atoms with E-state index in [1.165, 1.54) is 7.11 Å². The summed E-state index contributed by atoms with van der Waals surface area (Å²) in [7, 11) is 1.46. The van der Waals surface area contributed by atoms with Crippen molar-refractivity contribution in [2.75, 3.05) is 13.7 Å². The predicted molar refractivity (Wildman–Crippen MR) is 75.1 cm³/mol. The Morgan fingerprint density at radius 1 is 1.35 bits per heavy atom. The van der Waals surface area contributed by atoms with Crippen LogP contribution < -0.4 is 10.1 Å². The van der Waals surface area contributed by atoms with Gasteiger partial charge in [-0.05, 0) is 19.0 Å². The van der Waals surface area contributed by atoms with Gasteiger partial charge in [-0.25, -0.2) is 4.39 Å². The van der Waals surface area contributed by atoms with E-state index in [-0.39, 0.29) is 17.6 Å². The Morgan fingerprint density at radius 3 is 2.85 bits per heavy atom. The molecule has 0 amide bonds. The molecule has 1 unspecified atom stereocenters. The fourth-order valence-electron chi connectivity index (χ4n) is 2.03. The van der Waals surface area contributed by atoms with Crippen molar-refractivity contribution in [2.24, 2.45) is 0 Å². The third-order valence-corrected chi connectivity index (χ3v) is 3.00. The molecule has 0 aliphatic heterocycles. The van der Waals surface area contributed by atoms with Crippen LogP contribution in [0.2, 0.25) is 0 Å². The summed E-state index contributed by atoms with van der Waals surface area (Å²) in [6.07, 6.45) is 5.80. The van der Waals surface area contributed by atoms with Gasteiger partial charge in [-0.2, -0.15) is 0 Å². The molecule has 1 heterocycles. The van der Waals surface area contributed by atoms with Gasteiger partial charge in [0.15, 0.2) is 11.6 Å². The quantitative estimate of drug-likeness (QED) is 0.880. The van der Waals surface area contributed by atoms with Crippen LogP contribution in [0.4, 0.5) is 4.39 Å². The minimum absolute atomic E-state index is 0.231. The Labute approximate surface area is 118 Å². The lowest BCUT2D eigenvalue weighted by Crippen LogP contribution is -2.25. The van der Waals surface area contributed by atoms with Crippen LogP contribution in [0, 0.1) is 5.82 Å². The lowest BCUT2D eigenvalue weighted by Gasteiger charge is -2.19. The van der Waals surface area contributed by atoms with Gasteiger partial charge in [-0.3, -0.25) is 9.97 Å². The molecule has 1 N–H and O–H groups in total. The molecule has 1 aromatic heterocycles. The third kappa shape index (κ3) is 3.11. The fraction of sp³-hybridized carbons (Fsp3) is 0.333. The largest absolute Gasteiger partial charge is 0.494 e. The molecular weight excluding hydrogens is 257 g/mol. The van der Waals surface area contributed by atoms with Crippen molar-refractivity contribution in [1.82, 2.24) is 15.3 Å². The van der Waals surface area contributed by atoms with Crippen molar-refractivity contribution < 1.29 is 9.13 Å². The fourth-order valence-corrected chi connectivity index (χ4v) is 2.03. The van der Waals surface area contributed by atoms with E-state index in [2.05, 4.69) is 22.2 Å². The lowest BCUT2D eigenvalue weighted by atomic mass is 10.0. The van der Waals surface area contributed by atoms with Gasteiger partial charge in [0.2, 0.25) is 0 Å². The van der Waals surface area contributed by atoms with E-state index < -0.39 is 0 Å². The summed E-state index contributed by atoms with van der Waals surface area (Å²) in [5, 5.41) is 3.30. The summed E-state index contributed by atoms with van der Waals surface area (Å²) in [6.45, 7) is 2.82. The molecule has 0 bridgehead atoms. The van der Waals surface area contributed by atoms with Crippen molar-refractivity contribution >= 4 is 0 Å². The first-order valence-corrected chi connectivity index (χ1v) is 6.59. The maximum absolute atomic E-state index is 14.4. The topological polar surface area (TPSA) is 47.0 Å². The maximum Gasteiger partial charge on any atom is 0.170 e. The van der Waals surface area contributed by atoms with Gasteiger partial charge in [0.05, 0.1) is 25.0 Å². The summed E-state index contributed by atoms with van der Waals surface area (Å²) in [5.41, 5.74) is 1.20. The van der Waals surface area contributed by atoms with E-state index in [0.29, 0.717) is 11.3 Å². The number of nitrogens with one attached hydrogen (secondary N) is 1. The molecule has 2 rings (SSSR count). The second-order valence-corrected chi connectivity index (χ2v) is 4.38. The SMILES string of the molecule is CCCNC(c1cnccn1)c1cccc(OC)c1F. The number of hydrogen-bond donors (Lipinski definition) is 1. The molecule has 5 heteroatoms. The van der Waals surface area contributed by atoms with E-state index in [9.17, 15) is 4.39 Å². The van der Waals surface area contributed by atoms with Gasteiger partial charge in [0.25, 0.3) is 0 Å². The number of methoxy groups -OCH3 is 1. The number of nitrogens with zero attached hydrogens (tertiary/aromatic N) is 2. The molecule has 1 aromatic carbocycles. The van der Waals surface area contributed by atoms with Crippen LogP contribution in [-0.2, 0) is 0 Å². The highest BCUT2D eigenvalue weighted by Gasteiger charge is 2.20. The summed E-state index contributed by atoms with van der Waals surface area (Å²) in [4.78, 5) is 8.33. The summed E-state index contributed by atoms with van der Waals surface area (Å²) in [6, 6.07) is 4.78. The molecule has 106 valence electrons. The Morgan fingerprint density at radius 2 is 2.20 bits per heavy atom. The van der Waals surface area contributed by atoms with Gasteiger partial charge < -0.3 is 10.1 Å². The number of aromatic nitrogens is 2. The van der Waals surface area contributed by atoms with Crippen LogP contribution in [0.15, 0.2) is 36.8 Å². The van der Waals surface area contributed by atoms with E-state index >= 15 is 0 Å². The van der Waals surface area contributed by atoms with Gasteiger partial charge in [-0.15, -0.1) is 0 Å². The average Bonchev–Trinajstić information content (AvgIpc) is 2.50. The van der Waals surface area contributed by atoms with Gasteiger partial charge in [-0.1, -0.05) is 19.1 Å².